The highest BCUT2D eigenvalue weighted by atomic mass is 32.2. The molecule has 1 amide bonds. The molecule has 1 saturated heterocycles. The first-order valence-corrected chi connectivity index (χ1v) is 10.7. The van der Waals surface area contributed by atoms with Crippen molar-refractivity contribution >= 4 is 15.9 Å². The average Bonchev–Trinajstić information content (AvgIpc) is 2.55. The quantitative estimate of drug-likeness (QED) is 0.796. The van der Waals surface area contributed by atoms with Crippen molar-refractivity contribution in [2.45, 2.75) is 39.3 Å². The SMILES string of the molecule is CCCC(C)NC(=O)c1cccc(CN2CCN(S(C)(=O)=O)CC2)c1. The monoisotopic (exact) mass is 367 g/mol. The van der Waals surface area contributed by atoms with Crippen LogP contribution in [0.1, 0.15) is 42.6 Å². The van der Waals surface area contributed by atoms with E-state index in [-0.39, 0.29) is 11.9 Å². The lowest BCUT2D eigenvalue weighted by molar-refractivity contribution is 0.0938. The van der Waals surface area contributed by atoms with E-state index in [1.807, 2.05) is 31.2 Å². The number of benzene rings is 1. The van der Waals surface area contributed by atoms with Crippen molar-refractivity contribution in [2.24, 2.45) is 0 Å². The summed E-state index contributed by atoms with van der Waals surface area (Å²) in [5.74, 6) is -0.0373. The first-order chi connectivity index (χ1) is 11.8. The number of sulfonamides is 1. The van der Waals surface area contributed by atoms with Gasteiger partial charge in [-0.15, -0.1) is 0 Å². The van der Waals surface area contributed by atoms with E-state index in [1.165, 1.54) is 10.6 Å². The Balaban J connectivity index is 1.93. The number of carbonyl (C=O) groups is 1. The van der Waals surface area contributed by atoms with Gasteiger partial charge in [-0.25, -0.2) is 8.42 Å². The fourth-order valence-corrected chi connectivity index (χ4v) is 3.93. The van der Waals surface area contributed by atoms with Crippen molar-refractivity contribution in [1.82, 2.24) is 14.5 Å². The Morgan fingerprint density at radius 3 is 2.52 bits per heavy atom. The summed E-state index contributed by atoms with van der Waals surface area (Å²) in [5.41, 5.74) is 1.75. The predicted octanol–water partition coefficient (Wildman–Crippen LogP) is 1.68. The second kappa shape index (κ2) is 8.78. The zero-order valence-electron chi connectivity index (χ0n) is 15.4. The van der Waals surface area contributed by atoms with Gasteiger partial charge in [-0.1, -0.05) is 25.5 Å². The highest BCUT2D eigenvalue weighted by Crippen LogP contribution is 2.12. The minimum atomic E-state index is -3.10. The molecule has 0 radical (unpaired) electrons. The molecule has 1 aliphatic rings. The first-order valence-electron chi connectivity index (χ1n) is 8.87. The van der Waals surface area contributed by atoms with E-state index in [4.69, 9.17) is 0 Å². The van der Waals surface area contributed by atoms with Crippen molar-refractivity contribution in [3.05, 3.63) is 35.4 Å². The molecule has 1 unspecified atom stereocenters. The maximum absolute atomic E-state index is 12.3. The number of piperazine rings is 1. The summed E-state index contributed by atoms with van der Waals surface area (Å²) in [6, 6.07) is 7.84. The summed E-state index contributed by atoms with van der Waals surface area (Å²) in [6.45, 7) is 7.30. The van der Waals surface area contributed by atoms with Gasteiger partial charge in [0.05, 0.1) is 6.26 Å². The van der Waals surface area contributed by atoms with Crippen molar-refractivity contribution in [3.63, 3.8) is 0 Å². The van der Waals surface area contributed by atoms with Crippen LogP contribution in [-0.2, 0) is 16.6 Å². The minimum Gasteiger partial charge on any atom is -0.350 e. The van der Waals surface area contributed by atoms with Gasteiger partial charge in [0, 0.05) is 44.3 Å². The van der Waals surface area contributed by atoms with E-state index in [9.17, 15) is 13.2 Å². The Kier molecular flexibility index (Phi) is 6.98. The number of hydrogen-bond donors (Lipinski definition) is 1. The molecule has 1 fully saturated rings. The van der Waals surface area contributed by atoms with Crippen LogP contribution in [0, 0.1) is 0 Å². The zero-order valence-corrected chi connectivity index (χ0v) is 16.2. The molecule has 140 valence electrons. The van der Waals surface area contributed by atoms with Crippen LogP contribution in [0.15, 0.2) is 24.3 Å². The molecule has 1 aliphatic heterocycles. The second-order valence-corrected chi connectivity index (χ2v) is 8.78. The molecule has 1 aromatic rings. The van der Waals surface area contributed by atoms with E-state index in [0.717, 1.165) is 24.9 Å². The van der Waals surface area contributed by atoms with Crippen molar-refractivity contribution in [1.29, 1.82) is 0 Å². The smallest absolute Gasteiger partial charge is 0.251 e. The minimum absolute atomic E-state index is 0.0373. The van der Waals surface area contributed by atoms with Crippen LogP contribution in [0.3, 0.4) is 0 Å². The molecule has 0 spiro atoms. The van der Waals surface area contributed by atoms with Crippen LogP contribution in [0.2, 0.25) is 0 Å². The Hall–Kier alpha value is -1.44. The highest BCUT2D eigenvalue weighted by molar-refractivity contribution is 7.88. The molecule has 0 saturated carbocycles. The summed E-state index contributed by atoms with van der Waals surface area (Å²) in [6.07, 6.45) is 3.27. The third kappa shape index (κ3) is 6.09. The van der Waals surface area contributed by atoms with E-state index < -0.39 is 10.0 Å². The lowest BCUT2D eigenvalue weighted by Crippen LogP contribution is -2.47. The Labute approximate surface area is 151 Å². The number of nitrogens with one attached hydrogen (secondary N) is 1. The van der Waals surface area contributed by atoms with Crippen LogP contribution < -0.4 is 5.32 Å². The molecule has 1 aromatic carbocycles. The summed E-state index contributed by atoms with van der Waals surface area (Å²) >= 11 is 0. The van der Waals surface area contributed by atoms with Crippen molar-refractivity contribution in [3.8, 4) is 0 Å². The molecule has 1 N–H and O–H groups in total. The summed E-state index contributed by atoms with van der Waals surface area (Å²) < 4.78 is 24.7. The van der Waals surface area contributed by atoms with Crippen LogP contribution in [0.5, 0.6) is 0 Å². The van der Waals surface area contributed by atoms with Gasteiger partial charge >= 0.3 is 0 Å². The molecular weight excluding hydrogens is 338 g/mol. The fourth-order valence-electron chi connectivity index (χ4n) is 3.10. The molecule has 7 heteroatoms. The number of amides is 1. The molecule has 0 aromatic heterocycles. The Morgan fingerprint density at radius 2 is 1.92 bits per heavy atom. The first kappa shape index (κ1) is 19.9. The number of hydrogen-bond acceptors (Lipinski definition) is 4. The third-order valence-corrected chi connectivity index (χ3v) is 5.80. The van der Waals surface area contributed by atoms with Crippen LogP contribution in [0.4, 0.5) is 0 Å². The predicted molar refractivity (Wildman–Crippen MR) is 100.0 cm³/mol. The van der Waals surface area contributed by atoms with E-state index >= 15 is 0 Å². The molecule has 25 heavy (non-hydrogen) atoms. The highest BCUT2D eigenvalue weighted by Gasteiger charge is 2.23. The van der Waals surface area contributed by atoms with E-state index in [2.05, 4.69) is 17.1 Å². The van der Waals surface area contributed by atoms with Gasteiger partial charge in [-0.05, 0) is 31.0 Å². The average molecular weight is 368 g/mol. The second-order valence-electron chi connectivity index (χ2n) is 6.80. The van der Waals surface area contributed by atoms with Crippen LogP contribution in [0.25, 0.3) is 0 Å². The van der Waals surface area contributed by atoms with Gasteiger partial charge in [0.15, 0.2) is 0 Å². The molecule has 0 bridgehead atoms. The largest absolute Gasteiger partial charge is 0.350 e. The van der Waals surface area contributed by atoms with Gasteiger partial charge in [-0.3, -0.25) is 9.69 Å². The Morgan fingerprint density at radius 1 is 1.24 bits per heavy atom. The number of carbonyl (C=O) groups excluding carboxylic acids is 1. The van der Waals surface area contributed by atoms with Crippen LogP contribution >= 0.6 is 0 Å². The molecule has 0 aliphatic carbocycles. The van der Waals surface area contributed by atoms with Gasteiger partial charge in [0.1, 0.15) is 0 Å². The van der Waals surface area contributed by atoms with Gasteiger partial charge < -0.3 is 5.32 Å². The Bertz CT molecular complexity index is 683. The topological polar surface area (TPSA) is 69.7 Å². The van der Waals surface area contributed by atoms with Gasteiger partial charge in [0.25, 0.3) is 5.91 Å². The van der Waals surface area contributed by atoms with E-state index in [1.54, 1.807) is 0 Å². The molecule has 6 nitrogen and oxygen atoms in total. The lowest BCUT2D eigenvalue weighted by Gasteiger charge is -2.33. The standard InChI is InChI=1S/C18H29N3O3S/c1-4-6-15(2)19-18(22)17-8-5-7-16(13-17)14-20-9-11-21(12-10-20)25(3,23)24/h5,7-8,13,15H,4,6,9-12,14H2,1-3H3,(H,19,22). The van der Waals surface area contributed by atoms with Crippen molar-refractivity contribution < 1.29 is 13.2 Å². The van der Waals surface area contributed by atoms with Gasteiger partial charge in [0.2, 0.25) is 10.0 Å². The molecule has 2 rings (SSSR count). The summed E-state index contributed by atoms with van der Waals surface area (Å²) in [5, 5.41) is 3.02. The van der Waals surface area contributed by atoms with Gasteiger partial charge in [-0.2, -0.15) is 4.31 Å². The maximum atomic E-state index is 12.3. The summed E-state index contributed by atoms with van der Waals surface area (Å²) in [7, 11) is -3.10. The van der Waals surface area contributed by atoms with Crippen LogP contribution in [-0.4, -0.2) is 62.0 Å². The fraction of sp³-hybridized carbons (Fsp3) is 0.611. The normalized spacial score (nSPS) is 18.0. The summed E-state index contributed by atoms with van der Waals surface area (Å²) in [4.78, 5) is 14.6. The lowest BCUT2D eigenvalue weighted by atomic mass is 10.1. The zero-order chi connectivity index (χ0) is 18.4. The number of nitrogens with zero attached hydrogens (tertiary/aromatic N) is 2. The molecule has 1 heterocycles. The molecule has 1 atom stereocenters. The third-order valence-electron chi connectivity index (χ3n) is 4.49. The molecular formula is C18H29N3O3S. The van der Waals surface area contributed by atoms with E-state index in [0.29, 0.717) is 31.7 Å². The number of rotatable bonds is 7. The maximum Gasteiger partial charge on any atom is 0.251 e. The van der Waals surface area contributed by atoms with Crippen molar-refractivity contribution in [2.75, 3.05) is 32.4 Å².